The van der Waals surface area contributed by atoms with Crippen LogP contribution in [-0.4, -0.2) is 35.6 Å². The number of hydrogen-bond donors (Lipinski definition) is 1. The normalized spacial score (nSPS) is 25.6. The number of Topliss-reactive ketones (excluding diaryl/α,β-unsaturated/α-hetero) is 1. The van der Waals surface area contributed by atoms with Gasteiger partial charge in [0.15, 0.2) is 23.1 Å². The summed E-state index contributed by atoms with van der Waals surface area (Å²) in [5.41, 5.74) is 3.68. The Morgan fingerprint density at radius 3 is 2.44 bits per heavy atom. The summed E-state index contributed by atoms with van der Waals surface area (Å²) in [5, 5.41) is 11.1. The molecule has 1 heterocycles. The highest BCUT2D eigenvalue weighted by Crippen LogP contribution is 2.57. The highest BCUT2D eigenvalue weighted by Gasteiger charge is 2.57. The van der Waals surface area contributed by atoms with E-state index in [-0.39, 0.29) is 41.3 Å². The first kappa shape index (κ1) is 28.1. The fraction of sp³-hybridized carbons (Fsp3) is 0.290. The molecule has 6 rings (SSSR count). The maximum atomic E-state index is 14.1. The van der Waals surface area contributed by atoms with Gasteiger partial charge >= 0.3 is 0 Å². The van der Waals surface area contributed by atoms with E-state index in [0.717, 1.165) is 11.1 Å². The summed E-state index contributed by atoms with van der Waals surface area (Å²) in [6.07, 6.45) is 3.78. The maximum Gasteiger partial charge on any atom is 0.238 e. The zero-order valence-corrected chi connectivity index (χ0v) is 26.2. The number of anilines is 1. The van der Waals surface area contributed by atoms with Crippen LogP contribution in [0.5, 0.6) is 11.5 Å². The Kier molecular flexibility index (Phi) is 6.91. The summed E-state index contributed by atoms with van der Waals surface area (Å²) in [7, 11) is 1.42. The first-order valence-electron chi connectivity index (χ1n) is 13.0. The fourth-order valence-electron chi connectivity index (χ4n) is 6.69. The Labute approximate surface area is 258 Å². The van der Waals surface area contributed by atoms with Crippen molar-refractivity contribution < 1.29 is 29.0 Å². The Bertz CT molecular complexity index is 1710. The number of benzene rings is 2. The minimum absolute atomic E-state index is 0.117. The molecule has 4 atom stereocenters. The summed E-state index contributed by atoms with van der Waals surface area (Å²) >= 11 is 13.3. The number of hydrogen-bond acceptors (Lipinski definition) is 6. The van der Waals surface area contributed by atoms with E-state index in [4.69, 9.17) is 16.3 Å². The lowest BCUT2D eigenvalue weighted by atomic mass is 9.59. The predicted octanol–water partition coefficient (Wildman–Crippen LogP) is 6.52. The van der Waals surface area contributed by atoms with E-state index >= 15 is 0 Å². The molecule has 0 bridgehead atoms. The van der Waals surface area contributed by atoms with Gasteiger partial charge in [-0.15, -0.1) is 0 Å². The minimum Gasteiger partial charge on any atom is -0.503 e. The van der Waals surface area contributed by atoms with Crippen molar-refractivity contribution in [2.24, 2.45) is 17.8 Å². The van der Waals surface area contributed by atoms with Crippen molar-refractivity contribution in [1.29, 1.82) is 0 Å². The summed E-state index contributed by atoms with van der Waals surface area (Å²) in [6.45, 7) is 3.45. The van der Waals surface area contributed by atoms with Crippen LogP contribution in [0.1, 0.15) is 36.8 Å². The van der Waals surface area contributed by atoms with Gasteiger partial charge in [0, 0.05) is 32.1 Å². The Morgan fingerprint density at radius 2 is 1.76 bits per heavy atom. The first-order valence-corrected chi connectivity index (χ1v) is 15.0. The average molecular weight is 702 g/mol. The van der Waals surface area contributed by atoms with Crippen LogP contribution in [0.2, 0.25) is 5.02 Å². The predicted molar refractivity (Wildman–Crippen MR) is 160 cm³/mol. The summed E-state index contributed by atoms with van der Waals surface area (Å²) in [6, 6.07) is 6.74. The number of phenols is 1. The number of nitrogens with zero attached hydrogens (tertiary/aromatic N) is 1. The van der Waals surface area contributed by atoms with Crippen molar-refractivity contribution in [3.63, 3.8) is 0 Å². The molecular formula is C31H24Br2ClNO6. The van der Waals surface area contributed by atoms with E-state index in [0.29, 0.717) is 48.4 Å². The van der Waals surface area contributed by atoms with Gasteiger partial charge < -0.3 is 9.84 Å². The number of fused-ring (bicyclic) bond motifs is 3. The van der Waals surface area contributed by atoms with Crippen molar-refractivity contribution in [2.75, 3.05) is 12.0 Å². The summed E-state index contributed by atoms with van der Waals surface area (Å²) < 4.78 is 6.24. The van der Waals surface area contributed by atoms with E-state index in [2.05, 4.69) is 31.9 Å². The van der Waals surface area contributed by atoms with Crippen LogP contribution >= 0.6 is 43.5 Å². The van der Waals surface area contributed by atoms with Gasteiger partial charge in [-0.2, -0.15) is 0 Å². The monoisotopic (exact) mass is 699 g/mol. The number of carbonyl (C=O) groups excluding carboxylic acids is 4. The van der Waals surface area contributed by atoms with E-state index < -0.39 is 23.7 Å². The van der Waals surface area contributed by atoms with E-state index in [9.17, 15) is 24.3 Å². The maximum absolute atomic E-state index is 14.1. The van der Waals surface area contributed by atoms with E-state index in [1.807, 2.05) is 13.0 Å². The molecule has 41 heavy (non-hydrogen) atoms. The molecule has 0 spiro atoms. The van der Waals surface area contributed by atoms with Gasteiger partial charge in [-0.3, -0.25) is 19.2 Å². The topological polar surface area (TPSA) is 101 Å². The number of imide groups is 1. The Hall–Kier alpha value is -3.01. The molecule has 0 aromatic heterocycles. The summed E-state index contributed by atoms with van der Waals surface area (Å²) in [5.74, 6) is -3.60. The number of aryl methyl sites for hydroxylation is 1. The quantitative estimate of drug-likeness (QED) is 0.222. The number of ether oxygens (including phenoxy) is 1. The van der Waals surface area contributed by atoms with Crippen LogP contribution in [0, 0.1) is 24.7 Å². The molecule has 4 aliphatic rings. The number of phenolic OH excluding ortho intramolecular Hbond substituents is 1. The molecule has 0 radical (unpaired) electrons. The second-order valence-electron chi connectivity index (χ2n) is 10.8. The number of halogens is 3. The molecule has 4 unspecified atom stereocenters. The molecule has 3 aliphatic carbocycles. The van der Waals surface area contributed by atoms with Gasteiger partial charge in [0.2, 0.25) is 11.8 Å². The summed E-state index contributed by atoms with van der Waals surface area (Å²) in [4.78, 5) is 56.0. The Balaban J connectivity index is 1.53. The van der Waals surface area contributed by atoms with Gasteiger partial charge in [-0.1, -0.05) is 29.3 Å². The smallest absolute Gasteiger partial charge is 0.238 e. The van der Waals surface area contributed by atoms with Crippen molar-refractivity contribution in [1.82, 2.24) is 0 Å². The fourth-order valence-corrected chi connectivity index (χ4v) is 7.82. The van der Waals surface area contributed by atoms with Gasteiger partial charge in [0.05, 0.1) is 29.1 Å². The van der Waals surface area contributed by atoms with Crippen LogP contribution in [0.3, 0.4) is 0 Å². The third kappa shape index (κ3) is 4.11. The van der Waals surface area contributed by atoms with Crippen LogP contribution < -0.4 is 9.64 Å². The molecule has 1 aliphatic heterocycles. The van der Waals surface area contributed by atoms with Crippen molar-refractivity contribution in [2.45, 2.75) is 32.6 Å². The molecule has 1 saturated heterocycles. The minimum atomic E-state index is -0.713. The molecule has 0 saturated carbocycles. The Morgan fingerprint density at radius 1 is 1.02 bits per heavy atom. The number of rotatable bonds is 3. The van der Waals surface area contributed by atoms with Gasteiger partial charge in [0.25, 0.3) is 0 Å². The zero-order valence-electron chi connectivity index (χ0n) is 22.3. The molecule has 7 nitrogen and oxygen atoms in total. The number of carbonyl (C=O) groups is 4. The van der Waals surface area contributed by atoms with Gasteiger partial charge in [0.1, 0.15) is 0 Å². The van der Waals surface area contributed by atoms with Crippen molar-refractivity contribution in [3.8, 4) is 11.5 Å². The number of ketones is 2. The van der Waals surface area contributed by atoms with Crippen LogP contribution in [0.4, 0.5) is 5.69 Å². The SMILES string of the molecule is COc1cc(C2C3=CCC4C(=O)N(c5ccc(C)c(Cl)c5)C(=O)C4C3CC3=C2C(=O)C=C(C)C3=O)c(Br)c(Br)c1O. The number of amides is 2. The first-order chi connectivity index (χ1) is 19.5. The van der Waals surface area contributed by atoms with E-state index in [1.165, 1.54) is 18.1 Å². The van der Waals surface area contributed by atoms with Gasteiger partial charge in [-0.25, -0.2) is 4.90 Å². The number of allylic oxidation sites excluding steroid dienone is 6. The van der Waals surface area contributed by atoms with Crippen LogP contribution in [0.25, 0.3) is 0 Å². The third-order valence-electron chi connectivity index (χ3n) is 8.68. The van der Waals surface area contributed by atoms with Gasteiger partial charge in [-0.05, 0) is 99.9 Å². The lowest BCUT2D eigenvalue weighted by molar-refractivity contribution is -0.123. The molecule has 2 amide bonds. The second-order valence-corrected chi connectivity index (χ2v) is 12.8. The van der Waals surface area contributed by atoms with E-state index in [1.54, 1.807) is 31.2 Å². The molecule has 210 valence electrons. The molecule has 1 fully saturated rings. The lowest BCUT2D eigenvalue weighted by Crippen LogP contribution is -2.40. The number of aromatic hydroxyl groups is 1. The second kappa shape index (κ2) is 10.1. The van der Waals surface area contributed by atoms with Crippen LogP contribution in [0.15, 0.2) is 67.7 Å². The largest absolute Gasteiger partial charge is 0.503 e. The lowest BCUT2D eigenvalue weighted by Gasteiger charge is -2.42. The molecule has 2 aromatic carbocycles. The highest BCUT2D eigenvalue weighted by molar-refractivity contribution is 9.13. The van der Waals surface area contributed by atoms with Crippen LogP contribution in [-0.2, 0) is 19.2 Å². The molecule has 2 aromatic rings. The average Bonchev–Trinajstić information content (AvgIpc) is 3.21. The standard InChI is InChI=1S/C31H24Br2ClNO6/c1-12-4-5-14(9-20(12)34)35-30(39)16-7-6-15-17(24(16)31(35)40)10-19-25(21(36)8-13(2)28(19)37)23(15)18-11-22(41-3)29(38)27(33)26(18)32/h4-6,8-9,11,16-17,23-24,38H,7,10H2,1-3H3. The zero-order chi connectivity index (χ0) is 29.5. The molecule has 1 N–H and O–H groups in total. The van der Waals surface area contributed by atoms with Crippen molar-refractivity contribution >= 4 is 72.5 Å². The third-order valence-corrected chi connectivity index (χ3v) is 11.2. The number of methoxy groups -OCH3 is 1. The molecule has 10 heteroatoms. The highest BCUT2D eigenvalue weighted by atomic mass is 79.9. The van der Waals surface area contributed by atoms with Crippen molar-refractivity contribution in [3.05, 3.63) is 83.8 Å². The molecular weight excluding hydrogens is 678 g/mol.